The van der Waals surface area contributed by atoms with Crippen molar-refractivity contribution < 1.29 is 4.79 Å². The normalized spacial score (nSPS) is 10.2. The summed E-state index contributed by atoms with van der Waals surface area (Å²) in [5, 5.41) is 0.942. The van der Waals surface area contributed by atoms with Crippen molar-refractivity contribution in [2.75, 3.05) is 0 Å². The first-order valence-electron chi connectivity index (χ1n) is 5.05. The molecular weight excluding hydrogens is 257 g/mol. The van der Waals surface area contributed by atoms with Gasteiger partial charge in [0.2, 0.25) is 0 Å². The smallest absolute Gasteiger partial charge is 0.187 e. The van der Waals surface area contributed by atoms with Crippen molar-refractivity contribution in [2.24, 2.45) is 0 Å². The summed E-state index contributed by atoms with van der Waals surface area (Å²) >= 11 is 11.9. The molecule has 1 aromatic carbocycles. The van der Waals surface area contributed by atoms with Gasteiger partial charge in [0.15, 0.2) is 5.78 Å². The second-order valence-electron chi connectivity index (χ2n) is 3.53. The van der Waals surface area contributed by atoms with Crippen LogP contribution in [-0.4, -0.2) is 10.8 Å². The fraction of sp³-hybridized carbons (Fsp3) is 0.0769. The number of hydrogen-bond acceptors (Lipinski definition) is 2. The molecule has 1 aromatic heterocycles. The van der Waals surface area contributed by atoms with E-state index in [1.807, 2.05) is 18.2 Å². The van der Waals surface area contributed by atoms with Crippen LogP contribution in [0.1, 0.15) is 16.1 Å². The van der Waals surface area contributed by atoms with Gasteiger partial charge >= 0.3 is 0 Å². The van der Waals surface area contributed by atoms with Crippen LogP contribution in [0.15, 0.2) is 42.6 Å². The van der Waals surface area contributed by atoms with E-state index >= 15 is 0 Å². The van der Waals surface area contributed by atoms with Crippen LogP contribution in [0.25, 0.3) is 0 Å². The number of rotatable bonds is 3. The summed E-state index contributed by atoms with van der Waals surface area (Å²) in [5.74, 6) is -0.135. The van der Waals surface area contributed by atoms with Gasteiger partial charge in [-0.2, -0.15) is 0 Å². The highest BCUT2D eigenvalue weighted by atomic mass is 35.5. The lowest BCUT2D eigenvalue weighted by atomic mass is 10.1. The van der Waals surface area contributed by atoms with Crippen molar-refractivity contribution in [1.29, 1.82) is 0 Å². The molecule has 2 rings (SSSR count). The summed E-state index contributed by atoms with van der Waals surface area (Å²) in [6, 6.07) is 10.6. The van der Waals surface area contributed by atoms with Crippen LogP contribution in [-0.2, 0) is 6.42 Å². The third-order valence-corrected chi connectivity index (χ3v) is 3.01. The topological polar surface area (TPSA) is 30.0 Å². The van der Waals surface area contributed by atoms with Crippen molar-refractivity contribution in [3.8, 4) is 0 Å². The van der Waals surface area contributed by atoms with Crippen molar-refractivity contribution in [3.63, 3.8) is 0 Å². The zero-order chi connectivity index (χ0) is 12.3. The van der Waals surface area contributed by atoms with Gasteiger partial charge in [0.05, 0.1) is 5.02 Å². The fourth-order valence-corrected chi connectivity index (χ4v) is 1.92. The predicted molar refractivity (Wildman–Crippen MR) is 68.7 cm³/mol. The van der Waals surface area contributed by atoms with Crippen LogP contribution in [0.4, 0.5) is 0 Å². The van der Waals surface area contributed by atoms with E-state index in [0.29, 0.717) is 10.0 Å². The molecular formula is C13H9Cl2NO. The molecule has 0 aliphatic heterocycles. The maximum absolute atomic E-state index is 12.0. The molecule has 0 atom stereocenters. The number of nitrogens with zero attached hydrogens (tertiary/aromatic N) is 1. The van der Waals surface area contributed by atoms with E-state index in [1.165, 1.54) is 0 Å². The molecule has 2 aromatic rings. The standard InChI is InChI=1S/C13H9Cl2NO/c14-10-5-2-1-4-9(10)8-12(17)13-11(15)6-3-7-16-13/h1-7H,8H2. The van der Waals surface area contributed by atoms with Crippen LogP contribution < -0.4 is 0 Å². The molecule has 0 bridgehead atoms. The molecule has 0 saturated heterocycles. The Hall–Kier alpha value is -1.38. The highest BCUT2D eigenvalue weighted by Crippen LogP contribution is 2.19. The van der Waals surface area contributed by atoms with Crippen molar-refractivity contribution in [2.45, 2.75) is 6.42 Å². The van der Waals surface area contributed by atoms with Crippen LogP contribution in [0, 0.1) is 0 Å². The quantitative estimate of drug-likeness (QED) is 0.790. The number of benzene rings is 1. The van der Waals surface area contributed by atoms with Crippen LogP contribution in [0.2, 0.25) is 10.0 Å². The molecule has 0 spiro atoms. The van der Waals surface area contributed by atoms with Gasteiger partial charge in [0.1, 0.15) is 5.69 Å². The monoisotopic (exact) mass is 265 g/mol. The number of halogens is 2. The summed E-state index contributed by atoms with van der Waals surface area (Å²) in [4.78, 5) is 16.0. The largest absolute Gasteiger partial charge is 0.292 e. The van der Waals surface area contributed by atoms with Crippen LogP contribution >= 0.6 is 23.2 Å². The zero-order valence-electron chi connectivity index (χ0n) is 8.86. The molecule has 0 N–H and O–H groups in total. The Morgan fingerprint density at radius 1 is 1.06 bits per heavy atom. The molecule has 4 heteroatoms. The first-order valence-corrected chi connectivity index (χ1v) is 5.81. The summed E-state index contributed by atoms with van der Waals surface area (Å²) in [6.07, 6.45) is 1.75. The second-order valence-corrected chi connectivity index (χ2v) is 4.34. The molecule has 0 unspecified atom stereocenters. The average Bonchev–Trinajstić information content (AvgIpc) is 2.32. The molecule has 0 amide bonds. The molecule has 0 fully saturated rings. The Morgan fingerprint density at radius 2 is 1.76 bits per heavy atom. The molecule has 2 nitrogen and oxygen atoms in total. The second kappa shape index (κ2) is 5.30. The number of carbonyl (C=O) groups excluding carboxylic acids is 1. The Morgan fingerprint density at radius 3 is 2.47 bits per heavy atom. The highest BCUT2D eigenvalue weighted by Gasteiger charge is 2.13. The maximum Gasteiger partial charge on any atom is 0.187 e. The lowest BCUT2D eigenvalue weighted by Gasteiger charge is -2.04. The number of pyridine rings is 1. The van der Waals surface area contributed by atoms with E-state index < -0.39 is 0 Å². The lowest BCUT2D eigenvalue weighted by molar-refractivity contribution is 0.0988. The van der Waals surface area contributed by atoms with Gasteiger partial charge in [-0.1, -0.05) is 41.4 Å². The highest BCUT2D eigenvalue weighted by molar-refractivity contribution is 6.34. The summed E-state index contributed by atoms with van der Waals surface area (Å²) in [7, 11) is 0. The SMILES string of the molecule is O=C(Cc1ccccc1Cl)c1ncccc1Cl. The van der Waals surface area contributed by atoms with Gasteiger partial charge in [-0.15, -0.1) is 0 Å². The van der Waals surface area contributed by atoms with Gasteiger partial charge in [0, 0.05) is 17.6 Å². The molecule has 0 radical (unpaired) electrons. The summed E-state index contributed by atoms with van der Waals surface area (Å²) < 4.78 is 0. The third-order valence-electron chi connectivity index (χ3n) is 2.33. The Kier molecular flexibility index (Phi) is 3.77. The molecule has 17 heavy (non-hydrogen) atoms. The Labute approximate surface area is 109 Å². The van der Waals surface area contributed by atoms with E-state index in [0.717, 1.165) is 5.56 Å². The van der Waals surface area contributed by atoms with Gasteiger partial charge in [-0.3, -0.25) is 9.78 Å². The van der Waals surface area contributed by atoms with Gasteiger partial charge < -0.3 is 0 Å². The van der Waals surface area contributed by atoms with Crippen LogP contribution in [0.5, 0.6) is 0 Å². The van der Waals surface area contributed by atoms with Crippen molar-refractivity contribution in [1.82, 2.24) is 4.98 Å². The number of carbonyl (C=O) groups is 1. The van der Waals surface area contributed by atoms with E-state index in [9.17, 15) is 4.79 Å². The minimum Gasteiger partial charge on any atom is -0.292 e. The molecule has 0 saturated carbocycles. The predicted octanol–water partition coefficient (Wildman–Crippen LogP) is 3.81. The van der Waals surface area contributed by atoms with E-state index in [4.69, 9.17) is 23.2 Å². The first kappa shape index (κ1) is 12.1. The molecule has 0 aliphatic carbocycles. The van der Waals surface area contributed by atoms with Crippen molar-refractivity contribution >= 4 is 29.0 Å². The maximum atomic E-state index is 12.0. The molecule has 86 valence electrons. The van der Waals surface area contributed by atoms with Crippen LogP contribution in [0.3, 0.4) is 0 Å². The zero-order valence-corrected chi connectivity index (χ0v) is 10.4. The number of Topliss-reactive ketones (excluding diaryl/α,β-unsaturated/α-hetero) is 1. The molecule has 1 heterocycles. The minimum atomic E-state index is -0.135. The van der Waals surface area contributed by atoms with Crippen molar-refractivity contribution in [3.05, 3.63) is 63.9 Å². The van der Waals surface area contributed by atoms with E-state index in [2.05, 4.69) is 4.98 Å². The third kappa shape index (κ3) is 2.84. The molecule has 0 aliphatic rings. The first-order chi connectivity index (χ1) is 8.18. The summed E-state index contributed by atoms with van der Waals surface area (Å²) in [6.45, 7) is 0. The number of ketones is 1. The fourth-order valence-electron chi connectivity index (χ4n) is 1.49. The average molecular weight is 266 g/mol. The minimum absolute atomic E-state index is 0.135. The van der Waals surface area contributed by atoms with E-state index in [1.54, 1.807) is 24.4 Å². The lowest BCUT2D eigenvalue weighted by Crippen LogP contribution is -2.06. The van der Waals surface area contributed by atoms with Gasteiger partial charge in [-0.25, -0.2) is 0 Å². The summed E-state index contributed by atoms with van der Waals surface area (Å²) in [5.41, 5.74) is 1.06. The van der Waals surface area contributed by atoms with E-state index in [-0.39, 0.29) is 17.9 Å². The van der Waals surface area contributed by atoms with Gasteiger partial charge in [0.25, 0.3) is 0 Å². The Bertz CT molecular complexity index is 555. The number of aromatic nitrogens is 1. The Balaban J connectivity index is 2.24. The van der Waals surface area contributed by atoms with Gasteiger partial charge in [-0.05, 0) is 23.8 Å². The number of hydrogen-bond donors (Lipinski definition) is 0.